The van der Waals surface area contributed by atoms with Crippen LogP contribution in [0.4, 0.5) is 0 Å². The van der Waals surface area contributed by atoms with Crippen LogP contribution in [0.25, 0.3) is 0 Å². The molecule has 0 amide bonds. The molecule has 0 aliphatic rings. The molecule has 0 fully saturated rings. The minimum atomic E-state index is -1.65. The number of hydrogen-bond donors (Lipinski definition) is 0. The Morgan fingerprint density at radius 1 is 0.600 bits per heavy atom. The molecular formula is C22H12O8-2. The maximum absolute atomic E-state index is 12.3. The van der Waals surface area contributed by atoms with Crippen molar-refractivity contribution in [2.24, 2.45) is 0 Å². The lowest BCUT2D eigenvalue weighted by Crippen LogP contribution is -2.26. The third-order valence-corrected chi connectivity index (χ3v) is 3.95. The molecule has 8 heteroatoms. The van der Waals surface area contributed by atoms with Crippen molar-refractivity contribution in [2.75, 3.05) is 0 Å². The smallest absolute Gasteiger partial charge is 0.343 e. The molecule has 0 radical (unpaired) electrons. The summed E-state index contributed by atoms with van der Waals surface area (Å²) in [6.45, 7) is 0. The highest BCUT2D eigenvalue weighted by Gasteiger charge is 2.15. The number of rotatable bonds is 6. The summed E-state index contributed by atoms with van der Waals surface area (Å²) in [5.41, 5.74) is -0.506. The summed E-state index contributed by atoms with van der Waals surface area (Å²) in [7, 11) is 0. The SMILES string of the molecule is O=C([O-])c1ccc(C(=O)[O-])c(OC(=O)c2ccc(OC(=O)c3ccccc3)cc2)c1. The lowest BCUT2D eigenvalue weighted by molar-refractivity contribution is -0.256. The van der Waals surface area contributed by atoms with Crippen LogP contribution in [0.2, 0.25) is 0 Å². The van der Waals surface area contributed by atoms with E-state index in [0.717, 1.165) is 18.2 Å². The van der Waals surface area contributed by atoms with Gasteiger partial charge in [0, 0.05) is 11.1 Å². The van der Waals surface area contributed by atoms with Crippen molar-refractivity contribution >= 4 is 23.9 Å². The van der Waals surface area contributed by atoms with Crippen LogP contribution in [0.3, 0.4) is 0 Å². The van der Waals surface area contributed by atoms with E-state index < -0.39 is 35.2 Å². The first-order chi connectivity index (χ1) is 14.3. The van der Waals surface area contributed by atoms with Crippen LogP contribution >= 0.6 is 0 Å². The minimum absolute atomic E-state index is 0.0117. The number of carboxylic acid groups (broad SMARTS) is 2. The molecule has 0 aromatic heterocycles. The normalized spacial score (nSPS) is 10.1. The van der Waals surface area contributed by atoms with E-state index in [1.807, 2.05) is 0 Å². The van der Waals surface area contributed by atoms with Crippen molar-refractivity contribution in [1.82, 2.24) is 0 Å². The van der Waals surface area contributed by atoms with Gasteiger partial charge >= 0.3 is 11.9 Å². The van der Waals surface area contributed by atoms with Crippen molar-refractivity contribution in [3.05, 3.63) is 95.1 Å². The molecule has 8 nitrogen and oxygen atoms in total. The van der Waals surface area contributed by atoms with Gasteiger partial charge in [-0.2, -0.15) is 0 Å². The molecule has 30 heavy (non-hydrogen) atoms. The van der Waals surface area contributed by atoms with E-state index in [-0.39, 0.29) is 16.9 Å². The number of hydrogen-bond acceptors (Lipinski definition) is 8. The number of carbonyl (C=O) groups is 4. The second kappa shape index (κ2) is 8.70. The molecule has 0 aliphatic heterocycles. The van der Waals surface area contributed by atoms with Crippen LogP contribution in [-0.2, 0) is 0 Å². The van der Waals surface area contributed by atoms with Crippen LogP contribution in [0, 0.1) is 0 Å². The molecule has 3 aromatic carbocycles. The predicted molar refractivity (Wildman–Crippen MR) is 97.9 cm³/mol. The van der Waals surface area contributed by atoms with E-state index in [1.165, 1.54) is 24.3 Å². The van der Waals surface area contributed by atoms with Gasteiger partial charge in [0.2, 0.25) is 0 Å². The van der Waals surface area contributed by atoms with Gasteiger partial charge in [-0.25, -0.2) is 9.59 Å². The average Bonchev–Trinajstić information content (AvgIpc) is 2.74. The molecule has 0 bridgehead atoms. The Morgan fingerprint density at radius 3 is 1.77 bits per heavy atom. The molecular weight excluding hydrogens is 392 g/mol. The molecule has 0 saturated carbocycles. The van der Waals surface area contributed by atoms with Crippen molar-refractivity contribution < 1.29 is 38.9 Å². The molecule has 0 saturated heterocycles. The highest BCUT2D eigenvalue weighted by Crippen LogP contribution is 2.22. The Bertz CT molecular complexity index is 1120. The summed E-state index contributed by atoms with van der Waals surface area (Å²) in [5, 5.41) is 22.1. The van der Waals surface area contributed by atoms with Crippen molar-refractivity contribution in [3.8, 4) is 11.5 Å². The third kappa shape index (κ3) is 4.68. The van der Waals surface area contributed by atoms with Gasteiger partial charge in [0.25, 0.3) is 0 Å². The number of carbonyl (C=O) groups excluding carboxylic acids is 4. The topological polar surface area (TPSA) is 133 Å². The van der Waals surface area contributed by atoms with Gasteiger partial charge in [0.05, 0.1) is 23.1 Å². The predicted octanol–water partition coefficient (Wildman–Crippen LogP) is 0.852. The van der Waals surface area contributed by atoms with E-state index >= 15 is 0 Å². The molecule has 3 aromatic rings. The fraction of sp³-hybridized carbons (Fsp3) is 0. The highest BCUT2D eigenvalue weighted by molar-refractivity contribution is 5.97. The molecule has 0 aliphatic carbocycles. The summed E-state index contributed by atoms with van der Waals surface area (Å²) in [4.78, 5) is 46.5. The first kappa shape index (κ1) is 20.3. The summed E-state index contributed by atoms with van der Waals surface area (Å²) in [6.07, 6.45) is 0. The standard InChI is InChI=1S/C22H14O8/c23-19(24)15-8-11-17(20(25)26)18(12-15)30-22(28)14-6-9-16(10-7-14)29-21(27)13-4-2-1-3-5-13/h1-12H,(H,23,24)(H,25,26)/p-2. The zero-order valence-corrected chi connectivity index (χ0v) is 15.2. The molecule has 3 rings (SSSR count). The highest BCUT2D eigenvalue weighted by atomic mass is 16.5. The van der Waals surface area contributed by atoms with Crippen molar-refractivity contribution in [1.29, 1.82) is 0 Å². The Morgan fingerprint density at radius 2 is 1.17 bits per heavy atom. The zero-order valence-electron chi connectivity index (χ0n) is 15.2. The number of ether oxygens (including phenoxy) is 2. The van der Waals surface area contributed by atoms with E-state index in [4.69, 9.17) is 9.47 Å². The number of aromatic carboxylic acids is 2. The first-order valence-electron chi connectivity index (χ1n) is 8.51. The average molecular weight is 404 g/mol. The summed E-state index contributed by atoms with van der Waals surface area (Å²) in [6, 6.07) is 16.4. The number of benzene rings is 3. The summed E-state index contributed by atoms with van der Waals surface area (Å²) in [5.74, 6) is -5.07. The molecule has 0 spiro atoms. The van der Waals surface area contributed by atoms with E-state index in [0.29, 0.717) is 5.56 Å². The van der Waals surface area contributed by atoms with Crippen LogP contribution < -0.4 is 19.7 Å². The number of carboxylic acids is 2. The first-order valence-corrected chi connectivity index (χ1v) is 8.51. The molecule has 0 unspecified atom stereocenters. The maximum Gasteiger partial charge on any atom is 0.343 e. The minimum Gasteiger partial charge on any atom is -0.545 e. The van der Waals surface area contributed by atoms with E-state index in [2.05, 4.69) is 0 Å². The van der Waals surface area contributed by atoms with Gasteiger partial charge in [-0.15, -0.1) is 0 Å². The van der Waals surface area contributed by atoms with Gasteiger partial charge in [-0.1, -0.05) is 24.3 Å². The Labute approximate surface area is 169 Å². The van der Waals surface area contributed by atoms with E-state index in [1.54, 1.807) is 30.3 Å². The van der Waals surface area contributed by atoms with Gasteiger partial charge < -0.3 is 29.3 Å². The quantitative estimate of drug-likeness (QED) is 0.436. The van der Waals surface area contributed by atoms with Crippen LogP contribution in [-0.4, -0.2) is 23.9 Å². The zero-order chi connectivity index (χ0) is 21.7. The fourth-order valence-electron chi connectivity index (χ4n) is 2.46. The van der Waals surface area contributed by atoms with Gasteiger partial charge in [0.1, 0.15) is 11.5 Å². The summed E-state index contributed by atoms with van der Waals surface area (Å²) < 4.78 is 10.2. The van der Waals surface area contributed by atoms with Crippen molar-refractivity contribution in [2.45, 2.75) is 0 Å². The lowest BCUT2D eigenvalue weighted by Gasteiger charge is -2.13. The molecule has 0 N–H and O–H groups in total. The monoisotopic (exact) mass is 404 g/mol. The van der Waals surface area contributed by atoms with Crippen LogP contribution in [0.15, 0.2) is 72.8 Å². The Balaban J connectivity index is 1.75. The van der Waals surface area contributed by atoms with E-state index in [9.17, 15) is 29.4 Å². The molecule has 0 heterocycles. The fourth-order valence-corrected chi connectivity index (χ4v) is 2.46. The van der Waals surface area contributed by atoms with Crippen LogP contribution in [0.5, 0.6) is 11.5 Å². The lowest BCUT2D eigenvalue weighted by atomic mass is 10.1. The van der Waals surface area contributed by atoms with Gasteiger partial charge in [0.15, 0.2) is 0 Å². The Hall–Kier alpha value is -4.46. The van der Waals surface area contributed by atoms with Gasteiger partial charge in [-0.05, 0) is 48.5 Å². The second-order valence-electron chi connectivity index (χ2n) is 5.96. The molecule has 0 atom stereocenters. The van der Waals surface area contributed by atoms with Crippen LogP contribution in [0.1, 0.15) is 41.4 Å². The third-order valence-electron chi connectivity index (χ3n) is 3.95. The Kier molecular flexibility index (Phi) is 5.88. The second-order valence-corrected chi connectivity index (χ2v) is 5.96. The largest absolute Gasteiger partial charge is 0.545 e. The number of esters is 2. The van der Waals surface area contributed by atoms with Crippen molar-refractivity contribution in [3.63, 3.8) is 0 Å². The molecule has 150 valence electrons. The summed E-state index contributed by atoms with van der Waals surface area (Å²) >= 11 is 0. The maximum atomic E-state index is 12.3. The van der Waals surface area contributed by atoms with Gasteiger partial charge in [-0.3, -0.25) is 0 Å².